The predicted octanol–water partition coefficient (Wildman–Crippen LogP) is 0.623. The van der Waals surface area contributed by atoms with Crippen LogP contribution < -0.4 is 15.4 Å². The van der Waals surface area contributed by atoms with Crippen LogP contribution in [0.3, 0.4) is 0 Å². The van der Waals surface area contributed by atoms with E-state index in [1.807, 2.05) is 6.07 Å². The first-order chi connectivity index (χ1) is 9.10. The predicted molar refractivity (Wildman–Crippen MR) is 69.4 cm³/mol. The Hall–Kier alpha value is -2.08. The van der Waals surface area contributed by atoms with Gasteiger partial charge in [0.1, 0.15) is 18.4 Å². The van der Waals surface area contributed by atoms with Gasteiger partial charge in [0.05, 0.1) is 0 Å². The SMILES string of the molecule is CNC(COc1ccc2c(c1)CCC(=O)N2)C(=O)O. The summed E-state index contributed by atoms with van der Waals surface area (Å²) in [7, 11) is 1.57. The van der Waals surface area contributed by atoms with E-state index in [2.05, 4.69) is 10.6 Å². The van der Waals surface area contributed by atoms with Gasteiger partial charge in [-0.25, -0.2) is 0 Å². The fourth-order valence-electron chi connectivity index (χ4n) is 1.91. The number of carboxylic acid groups (broad SMARTS) is 1. The molecule has 3 N–H and O–H groups in total. The molecule has 0 aliphatic carbocycles. The maximum Gasteiger partial charge on any atom is 0.324 e. The molecule has 0 aromatic heterocycles. The van der Waals surface area contributed by atoms with E-state index in [0.717, 1.165) is 11.3 Å². The maximum atomic E-state index is 11.2. The first-order valence-corrected chi connectivity index (χ1v) is 6.06. The third-order valence-corrected chi connectivity index (χ3v) is 3.04. The molecule has 102 valence electrons. The molecule has 0 spiro atoms. The van der Waals surface area contributed by atoms with Crippen LogP contribution in [0.1, 0.15) is 12.0 Å². The summed E-state index contributed by atoms with van der Waals surface area (Å²) in [6.07, 6.45) is 1.14. The Labute approximate surface area is 110 Å². The molecule has 0 saturated carbocycles. The van der Waals surface area contributed by atoms with Gasteiger partial charge in [-0.2, -0.15) is 0 Å². The molecule has 6 nitrogen and oxygen atoms in total. The fourth-order valence-corrected chi connectivity index (χ4v) is 1.91. The van der Waals surface area contributed by atoms with Crippen molar-refractivity contribution in [1.29, 1.82) is 0 Å². The van der Waals surface area contributed by atoms with E-state index in [-0.39, 0.29) is 12.5 Å². The molecule has 1 amide bonds. The van der Waals surface area contributed by atoms with Crippen molar-refractivity contribution in [1.82, 2.24) is 5.32 Å². The van der Waals surface area contributed by atoms with Crippen LogP contribution in [0.25, 0.3) is 0 Å². The van der Waals surface area contributed by atoms with Gasteiger partial charge in [-0.05, 0) is 37.2 Å². The van der Waals surface area contributed by atoms with Gasteiger partial charge in [0, 0.05) is 12.1 Å². The van der Waals surface area contributed by atoms with Crippen molar-refractivity contribution in [3.8, 4) is 5.75 Å². The normalized spacial score (nSPS) is 15.3. The second-order valence-electron chi connectivity index (χ2n) is 4.36. The van der Waals surface area contributed by atoms with Crippen molar-refractivity contribution in [3.63, 3.8) is 0 Å². The summed E-state index contributed by atoms with van der Waals surface area (Å²) >= 11 is 0. The average Bonchev–Trinajstić information content (AvgIpc) is 2.39. The summed E-state index contributed by atoms with van der Waals surface area (Å²) in [5.74, 6) is -0.327. The highest BCUT2D eigenvalue weighted by Crippen LogP contribution is 2.26. The zero-order valence-electron chi connectivity index (χ0n) is 10.6. The van der Waals surface area contributed by atoms with Crippen LogP contribution in [0.5, 0.6) is 5.75 Å². The number of ether oxygens (including phenoxy) is 1. The largest absolute Gasteiger partial charge is 0.491 e. The maximum absolute atomic E-state index is 11.2. The van der Waals surface area contributed by atoms with Crippen LogP contribution in [0.15, 0.2) is 18.2 Å². The van der Waals surface area contributed by atoms with E-state index in [1.54, 1.807) is 19.2 Å². The minimum Gasteiger partial charge on any atom is -0.491 e. The molecule has 1 heterocycles. The molecular weight excluding hydrogens is 248 g/mol. The zero-order valence-corrected chi connectivity index (χ0v) is 10.6. The lowest BCUT2D eigenvalue weighted by Crippen LogP contribution is -2.39. The topological polar surface area (TPSA) is 87.7 Å². The third-order valence-electron chi connectivity index (χ3n) is 3.04. The van der Waals surface area contributed by atoms with E-state index in [1.165, 1.54) is 0 Å². The highest BCUT2D eigenvalue weighted by Gasteiger charge is 2.17. The molecule has 1 aromatic carbocycles. The monoisotopic (exact) mass is 264 g/mol. The zero-order chi connectivity index (χ0) is 13.8. The summed E-state index contributed by atoms with van der Waals surface area (Å²) in [5, 5.41) is 14.3. The quantitative estimate of drug-likeness (QED) is 0.725. The fraction of sp³-hybridized carbons (Fsp3) is 0.385. The van der Waals surface area contributed by atoms with Crippen LogP contribution in [0.4, 0.5) is 5.69 Å². The number of rotatable bonds is 5. The first kappa shape index (κ1) is 13.4. The molecular formula is C13H16N2O4. The van der Waals surface area contributed by atoms with Gasteiger partial charge in [-0.15, -0.1) is 0 Å². The molecule has 1 aromatic rings. The second-order valence-corrected chi connectivity index (χ2v) is 4.36. The van der Waals surface area contributed by atoms with E-state index in [4.69, 9.17) is 9.84 Å². The van der Waals surface area contributed by atoms with Gasteiger partial charge in [-0.3, -0.25) is 9.59 Å². The van der Waals surface area contributed by atoms with Crippen LogP contribution in [-0.2, 0) is 16.0 Å². The minimum atomic E-state index is -0.951. The Kier molecular flexibility index (Phi) is 4.01. The number of amides is 1. The van der Waals surface area contributed by atoms with Gasteiger partial charge in [-0.1, -0.05) is 0 Å². The van der Waals surface area contributed by atoms with Gasteiger partial charge < -0.3 is 20.5 Å². The Morgan fingerprint density at radius 3 is 3.00 bits per heavy atom. The van der Waals surface area contributed by atoms with E-state index < -0.39 is 12.0 Å². The Balaban J connectivity index is 2.02. The third kappa shape index (κ3) is 3.23. The molecule has 0 saturated heterocycles. The number of carboxylic acids is 1. The smallest absolute Gasteiger partial charge is 0.324 e. The number of carbonyl (C=O) groups is 2. The van der Waals surface area contributed by atoms with Crippen molar-refractivity contribution in [3.05, 3.63) is 23.8 Å². The number of hydrogen-bond donors (Lipinski definition) is 3. The molecule has 1 atom stereocenters. The number of nitrogens with one attached hydrogen (secondary N) is 2. The first-order valence-electron chi connectivity index (χ1n) is 6.06. The van der Waals surface area contributed by atoms with Crippen LogP contribution in [0.2, 0.25) is 0 Å². The second kappa shape index (κ2) is 5.71. The van der Waals surface area contributed by atoms with Crippen LogP contribution in [0, 0.1) is 0 Å². The highest BCUT2D eigenvalue weighted by atomic mass is 16.5. The molecule has 2 rings (SSSR count). The van der Waals surface area contributed by atoms with Gasteiger partial charge in [0.25, 0.3) is 0 Å². The molecule has 1 aliphatic rings. The van der Waals surface area contributed by atoms with Crippen molar-refractivity contribution in [2.75, 3.05) is 19.0 Å². The number of fused-ring (bicyclic) bond motifs is 1. The minimum absolute atomic E-state index is 0.0160. The van der Waals surface area contributed by atoms with Crippen molar-refractivity contribution in [2.45, 2.75) is 18.9 Å². The molecule has 19 heavy (non-hydrogen) atoms. The molecule has 0 fully saturated rings. The molecule has 1 aliphatic heterocycles. The Morgan fingerprint density at radius 1 is 1.53 bits per heavy atom. The van der Waals surface area contributed by atoms with Crippen LogP contribution >= 0.6 is 0 Å². The summed E-state index contributed by atoms with van der Waals surface area (Å²) in [6, 6.07) is 4.59. The lowest BCUT2D eigenvalue weighted by Gasteiger charge is -2.18. The van der Waals surface area contributed by atoms with Gasteiger partial charge in [0.15, 0.2) is 0 Å². The van der Waals surface area contributed by atoms with Gasteiger partial charge >= 0.3 is 5.97 Å². The Morgan fingerprint density at radius 2 is 2.32 bits per heavy atom. The number of anilines is 1. The van der Waals surface area contributed by atoms with E-state index >= 15 is 0 Å². The number of likely N-dealkylation sites (N-methyl/N-ethyl adjacent to an activating group) is 1. The number of aliphatic carboxylic acids is 1. The standard InChI is InChI=1S/C13H16N2O4/c1-14-11(13(17)18)7-19-9-3-4-10-8(6-9)2-5-12(16)15-10/h3-4,6,11,14H,2,5,7H2,1H3,(H,15,16)(H,17,18). The summed E-state index contributed by atoms with van der Waals surface area (Å²) < 4.78 is 5.46. The van der Waals surface area contributed by atoms with Crippen molar-refractivity contribution >= 4 is 17.6 Å². The number of benzene rings is 1. The van der Waals surface area contributed by atoms with E-state index in [0.29, 0.717) is 18.6 Å². The van der Waals surface area contributed by atoms with Crippen molar-refractivity contribution in [2.24, 2.45) is 0 Å². The molecule has 1 unspecified atom stereocenters. The average molecular weight is 264 g/mol. The number of aryl methyl sites for hydroxylation is 1. The van der Waals surface area contributed by atoms with Crippen LogP contribution in [-0.4, -0.2) is 36.7 Å². The summed E-state index contributed by atoms with van der Waals surface area (Å²) in [6.45, 7) is 0.0526. The molecule has 0 bridgehead atoms. The Bertz CT molecular complexity index is 501. The number of hydrogen-bond acceptors (Lipinski definition) is 4. The summed E-state index contributed by atoms with van der Waals surface area (Å²) in [4.78, 5) is 22.1. The number of carbonyl (C=O) groups excluding carboxylic acids is 1. The lowest BCUT2D eigenvalue weighted by atomic mass is 10.0. The van der Waals surface area contributed by atoms with Gasteiger partial charge in [0.2, 0.25) is 5.91 Å². The van der Waals surface area contributed by atoms with Crippen molar-refractivity contribution < 1.29 is 19.4 Å². The highest BCUT2D eigenvalue weighted by molar-refractivity contribution is 5.94. The molecule has 6 heteroatoms. The van der Waals surface area contributed by atoms with E-state index in [9.17, 15) is 9.59 Å². The lowest BCUT2D eigenvalue weighted by molar-refractivity contribution is -0.140. The molecule has 0 radical (unpaired) electrons. The summed E-state index contributed by atoms with van der Waals surface area (Å²) in [5.41, 5.74) is 1.81.